The fraction of sp³-hybridized carbons (Fsp3) is 0.533. The van der Waals surface area contributed by atoms with Gasteiger partial charge >= 0.3 is 0 Å². The standard InChI is InChI=1S/C15H23ClN2O3S/c1-10(2)17-14(19)9-15(4,5)18-22(20,21)13-8-6-7-12(16)11(13)3/h6-8,10,18H,9H2,1-5H3,(H,17,19). The van der Waals surface area contributed by atoms with Crippen LogP contribution in [0.3, 0.4) is 0 Å². The smallest absolute Gasteiger partial charge is 0.241 e. The van der Waals surface area contributed by atoms with E-state index < -0.39 is 15.6 Å². The Morgan fingerprint density at radius 2 is 1.91 bits per heavy atom. The van der Waals surface area contributed by atoms with E-state index in [1.807, 2.05) is 13.8 Å². The van der Waals surface area contributed by atoms with Gasteiger partial charge in [0.1, 0.15) is 0 Å². The fourth-order valence-electron chi connectivity index (χ4n) is 2.11. The zero-order chi connectivity index (χ0) is 17.1. The molecule has 124 valence electrons. The van der Waals surface area contributed by atoms with Crippen LogP contribution in [-0.4, -0.2) is 25.9 Å². The van der Waals surface area contributed by atoms with E-state index in [0.717, 1.165) is 0 Å². The summed E-state index contributed by atoms with van der Waals surface area (Å²) in [5.41, 5.74) is -0.425. The molecule has 1 aromatic carbocycles. The molecule has 5 nitrogen and oxygen atoms in total. The molecule has 1 aromatic rings. The van der Waals surface area contributed by atoms with Gasteiger partial charge in [-0.3, -0.25) is 4.79 Å². The second-order valence-corrected chi connectivity index (χ2v) is 8.31. The monoisotopic (exact) mass is 346 g/mol. The summed E-state index contributed by atoms with van der Waals surface area (Å²) in [6, 6.07) is 4.72. The van der Waals surface area contributed by atoms with Gasteiger partial charge in [0, 0.05) is 23.0 Å². The van der Waals surface area contributed by atoms with E-state index in [9.17, 15) is 13.2 Å². The first-order chi connectivity index (χ1) is 9.94. The summed E-state index contributed by atoms with van der Waals surface area (Å²) < 4.78 is 27.6. The van der Waals surface area contributed by atoms with Crippen molar-refractivity contribution >= 4 is 27.5 Å². The number of carbonyl (C=O) groups is 1. The Morgan fingerprint density at radius 1 is 1.32 bits per heavy atom. The Balaban J connectivity index is 2.96. The van der Waals surface area contributed by atoms with E-state index in [0.29, 0.717) is 10.6 Å². The van der Waals surface area contributed by atoms with Crippen LogP contribution in [0, 0.1) is 6.92 Å². The topological polar surface area (TPSA) is 75.3 Å². The van der Waals surface area contributed by atoms with Crippen LogP contribution in [-0.2, 0) is 14.8 Å². The summed E-state index contributed by atoms with van der Waals surface area (Å²) in [6.07, 6.45) is 0.0457. The second kappa shape index (κ2) is 6.98. The van der Waals surface area contributed by atoms with E-state index >= 15 is 0 Å². The van der Waals surface area contributed by atoms with Gasteiger partial charge in [0.2, 0.25) is 15.9 Å². The molecule has 0 atom stereocenters. The normalized spacial score (nSPS) is 12.5. The maximum atomic E-state index is 12.5. The third kappa shape index (κ3) is 5.26. The molecule has 0 saturated heterocycles. The minimum absolute atomic E-state index is 0.00933. The predicted octanol–water partition coefficient (Wildman–Crippen LogP) is 2.62. The Bertz CT molecular complexity index is 655. The summed E-state index contributed by atoms with van der Waals surface area (Å²) >= 11 is 5.98. The first-order valence-corrected chi connectivity index (χ1v) is 8.89. The second-order valence-electron chi connectivity index (χ2n) is 6.25. The molecule has 2 N–H and O–H groups in total. The van der Waals surface area contributed by atoms with Crippen molar-refractivity contribution < 1.29 is 13.2 Å². The van der Waals surface area contributed by atoms with Crippen LogP contribution < -0.4 is 10.0 Å². The van der Waals surface area contributed by atoms with Gasteiger partial charge in [-0.15, -0.1) is 0 Å². The number of rotatable bonds is 6. The van der Waals surface area contributed by atoms with E-state index in [1.165, 1.54) is 6.07 Å². The zero-order valence-electron chi connectivity index (χ0n) is 13.5. The van der Waals surface area contributed by atoms with Crippen LogP contribution in [0.1, 0.15) is 39.7 Å². The maximum absolute atomic E-state index is 12.5. The Labute approximate surface area is 137 Å². The van der Waals surface area contributed by atoms with Crippen LogP contribution in [0.25, 0.3) is 0 Å². The molecule has 0 spiro atoms. The fourth-order valence-corrected chi connectivity index (χ4v) is 4.02. The number of halogens is 1. The first kappa shape index (κ1) is 18.9. The quantitative estimate of drug-likeness (QED) is 0.831. The highest BCUT2D eigenvalue weighted by molar-refractivity contribution is 7.89. The van der Waals surface area contributed by atoms with E-state index in [1.54, 1.807) is 32.9 Å². The lowest BCUT2D eigenvalue weighted by Gasteiger charge is -2.26. The van der Waals surface area contributed by atoms with Gasteiger partial charge in [-0.2, -0.15) is 0 Å². The predicted molar refractivity (Wildman–Crippen MR) is 88.5 cm³/mol. The molecule has 0 aliphatic heterocycles. The lowest BCUT2D eigenvalue weighted by molar-refractivity contribution is -0.122. The highest BCUT2D eigenvalue weighted by Gasteiger charge is 2.29. The van der Waals surface area contributed by atoms with Gasteiger partial charge in [-0.05, 0) is 52.3 Å². The van der Waals surface area contributed by atoms with Crippen molar-refractivity contribution in [2.24, 2.45) is 0 Å². The van der Waals surface area contributed by atoms with Crippen molar-refractivity contribution in [3.63, 3.8) is 0 Å². The van der Waals surface area contributed by atoms with Crippen molar-refractivity contribution in [1.29, 1.82) is 0 Å². The van der Waals surface area contributed by atoms with Crippen LogP contribution in [0.4, 0.5) is 0 Å². The lowest BCUT2D eigenvalue weighted by atomic mass is 10.0. The van der Waals surface area contributed by atoms with Gasteiger partial charge in [-0.1, -0.05) is 17.7 Å². The maximum Gasteiger partial charge on any atom is 0.241 e. The molecule has 22 heavy (non-hydrogen) atoms. The van der Waals surface area contributed by atoms with Gasteiger partial charge in [0.15, 0.2) is 0 Å². The highest BCUT2D eigenvalue weighted by Crippen LogP contribution is 2.24. The van der Waals surface area contributed by atoms with Crippen LogP contribution >= 0.6 is 11.6 Å². The van der Waals surface area contributed by atoms with E-state index in [-0.39, 0.29) is 23.3 Å². The molecule has 0 saturated carbocycles. The third-order valence-corrected chi connectivity index (χ3v) is 5.22. The summed E-state index contributed by atoms with van der Waals surface area (Å²) in [6.45, 7) is 8.69. The SMILES string of the molecule is Cc1c(Cl)cccc1S(=O)(=O)NC(C)(C)CC(=O)NC(C)C. The number of hydrogen-bond donors (Lipinski definition) is 2. The third-order valence-electron chi connectivity index (χ3n) is 2.97. The minimum Gasteiger partial charge on any atom is -0.354 e. The van der Waals surface area contributed by atoms with Crippen molar-refractivity contribution in [3.05, 3.63) is 28.8 Å². The average molecular weight is 347 g/mol. The molecule has 1 rings (SSSR count). The first-order valence-electron chi connectivity index (χ1n) is 7.03. The summed E-state index contributed by atoms with van der Waals surface area (Å²) in [7, 11) is -3.76. The Morgan fingerprint density at radius 3 is 2.45 bits per heavy atom. The molecule has 0 fully saturated rings. The highest BCUT2D eigenvalue weighted by atomic mass is 35.5. The van der Waals surface area contributed by atoms with E-state index in [4.69, 9.17) is 11.6 Å². The van der Waals surface area contributed by atoms with Crippen LogP contribution in [0.2, 0.25) is 5.02 Å². The lowest BCUT2D eigenvalue weighted by Crippen LogP contribution is -2.47. The molecule has 0 aliphatic rings. The van der Waals surface area contributed by atoms with Gasteiger partial charge < -0.3 is 5.32 Å². The number of sulfonamides is 1. The molecule has 0 aliphatic carbocycles. The molecule has 0 aromatic heterocycles. The molecule has 0 bridgehead atoms. The zero-order valence-corrected chi connectivity index (χ0v) is 15.1. The molecular weight excluding hydrogens is 324 g/mol. The summed E-state index contributed by atoms with van der Waals surface area (Å²) in [5.74, 6) is -0.203. The summed E-state index contributed by atoms with van der Waals surface area (Å²) in [4.78, 5) is 12.0. The minimum atomic E-state index is -3.76. The number of carbonyl (C=O) groups excluding carboxylic acids is 1. The number of benzene rings is 1. The van der Waals surface area contributed by atoms with Crippen molar-refractivity contribution in [2.45, 2.75) is 57.5 Å². The van der Waals surface area contributed by atoms with Crippen molar-refractivity contribution in [2.75, 3.05) is 0 Å². The molecule has 1 amide bonds. The van der Waals surface area contributed by atoms with Gasteiger partial charge in [0.05, 0.1) is 4.90 Å². The molecule has 0 heterocycles. The van der Waals surface area contributed by atoms with Gasteiger partial charge in [-0.25, -0.2) is 13.1 Å². The van der Waals surface area contributed by atoms with E-state index in [2.05, 4.69) is 10.0 Å². The van der Waals surface area contributed by atoms with Crippen molar-refractivity contribution in [1.82, 2.24) is 10.0 Å². The summed E-state index contributed by atoms with van der Waals surface area (Å²) in [5, 5.41) is 3.14. The number of nitrogens with one attached hydrogen (secondary N) is 2. The molecule has 7 heteroatoms. The molecule has 0 unspecified atom stereocenters. The van der Waals surface area contributed by atoms with Gasteiger partial charge in [0.25, 0.3) is 0 Å². The largest absolute Gasteiger partial charge is 0.354 e. The van der Waals surface area contributed by atoms with Crippen LogP contribution in [0.15, 0.2) is 23.1 Å². The number of amides is 1. The Kier molecular flexibility index (Phi) is 6.01. The average Bonchev–Trinajstić information content (AvgIpc) is 2.28. The number of hydrogen-bond acceptors (Lipinski definition) is 3. The molecule has 0 radical (unpaired) electrons. The Hall–Kier alpha value is -1.11. The van der Waals surface area contributed by atoms with Crippen LogP contribution in [0.5, 0.6) is 0 Å². The van der Waals surface area contributed by atoms with Crippen molar-refractivity contribution in [3.8, 4) is 0 Å². The molecular formula is C15H23ClN2O3S.